The maximum Gasteiger partial charge on any atom is 0.539 e. The lowest BCUT2D eigenvalue weighted by Crippen LogP contribution is -2.02. The third-order valence-electron chi connectivity index (χ3n) is 0.955. The zero-order chi connectivity index (χ0) is 8.69. The predicted octanol–water partition coefficient (Wildman–Crippen LogP) is 1.12. The molecule has 0 rings (SSSR count). The van der Waals surface area contributed by atoms with Gasteiger partial charge >= 0.3 is 8.03 Å². The molecule has 0 fully saturated rings. The summed E-state index contributed by atoms with van der Waals surface area (Å²) in [5, 5.41) is 8.73. The van der Waals surface area contributed by atoms with Crippen LogP contribution in [0.15, 0.2) is 0 Å². The Hall–Kier alpha value is -0.0200. The molecule has 0 radical (unpaired) electrons. The number of ether oxygens (including phenoxy) is 1. The molecule has 0 spiro atoms. The molecule has 5 heteroatoms. The molecule has 2 unspecified atom stereocenters. The van der Waals surface area contributed by atoms with Crippen LogP contribution in [0.5, 0.6) is 0 Å². The molecular weight excluding hydrogens is 167 g/mol. The first-order valence-corrected chi connectivity index (χ1v) is 4.78. The highest BCUT2D eigenvalue weighted by Crippen LogP contribution is 2.26. The van der Waals surface area contributed by atoms with Crippen LogP contribution < -0.4 is 0 Å². The lowest BCUT2D eigenvalue weighted by Gasteiger charge is -1.95. The summed E-state index contributed by atoms with van der Waals surface area (Å²) in [4.78, 5) is 0. The molecule has 0 saturated heterocycles. The van der Waals surface area contributed by atoms with Gasteiger partial charge in [-0.25, -0.2) is 0 Å². The highest BCUT2D eigenvalue weighted by Gasteiger charge is 2.24. The van der Waals surface area contributed by atoms with E-state index in [-0.39, 0.29) is 6.61 Å². The average molecular weight is 181 g/mol. The molecule has 0 aromatic carbocycles. The smallest absolute Gasteiger partial charge is 0.379 e. The summed E-state index contributed by atoms with van der Waals surface area (Å²) in [6.45, 7) is 4.61. The fourth-order valence-corrected chi connectivity index (χ4v) is 0.909. The minimum absolute atomic E-state index is 0.272. The van der Waals surface area contributed by atoms with Crippen LogP contribution in [0.4, 0.5) is 0 Å². The second-order valence-corrected chi connectivity index (χ2v) is 3.52. The molecule has 0 bridgehead atoms. The standard InChI is InChI=1S/C6H14O4P/c1-3-9-4-5-10-11(8)6(2)7/h6-7H,3-5H2,1-2H3/q+1. The third-order valence-corrected chi connectivity index (χ3v) is 2.00. The third kappa shape index (κ3) is 6.38. The van der Waals surface area contributed by atoms with Crippen molar-refractivity contribution in [3.05, 3.63) is 0 Å². The minimum Gasteiger partial charge on any atom is -0.379 e. The Bertz CT molecular complexity index is 115. The second-order valence-electron chi connectivity index (χ2n) is 1.95. The molecule has 4 nitrogen and oxygen atoms in total. The van der Waals surface area contributed by atoms with Crippen molar-refractivity contribution in [1.82, 2.24) is 0 Å². The van der Waals surface area contributed by atoms with Crippen molar-refractivity contribution >= 4 is 8.03 Å². The Labute approximate surface area is 67.4 Å². The van der Waals surface area contributed by atoms with Crippen molar-refractivity contribution in [2.24, 2.45) is 0 Å². The molecule has 1 N–H and O–H groups in total. The Morgan fingerprint density at radius 3 is 2.64 bits per heavy atom. The molecular formula is C6H14O4P+. The molecule has 0 aromatic rings. The molecule has 66 valence electrons. The number of aliphatic hydroxyl groups excluding tert-OH is 1. The van der Waals surface area contributed by atoms with Crippen molar-refractivity contribution in [1.29, 1.82) is 0 Å². The fourth-order valence-electron chi connectivity index (χ4n) is 0.438. The van der Waals surface area contributed by atoms with Crippen LogP contribution >= 0.6 is 8.03 Å². The van der Waals surface area contributed by atoms with E-state index in [0.29, 0.717) is 13.2 Å². The van der Waals surface area contributed by atoms with E-state index in [9.17, 15) is 4.57 Å². The van der Waals surface area contributed by atoms with Gasteiger partial charge in [0.05, 0.1) is 6.61 Å². The SMILES string of the molecule is CCOCCO[P+](=O)C(C)O. The van der Waals surface area contributed by atoms with E-state index in [4.69, 9.17) is 14.4 Å². The monoisotopic (exact) mass is 181 g/mol. The summed E-state index contributed by atoms with van der Waals surface area (Å²) in [6, 6.07) is 0. The van der Waals surface area contributed by atoms with Crippen molar-refractivity contribution in [2.75, 3.05) is 19.8 Å². The van der Waals surface area contributed by atoms with Gasteiger partial charge in [-0.1, -0.05) is 0 Å². The molecule has 0 aliphatic rings. The Morgan fingerprint density at radius 2 is 2.18 bits per heavy atom. The van der Waals surface area contributed by atoms with E-state index >= 15 is 0 Å². The Balaban J connectivity index is 3.18. The first-order valence-electron chi connectivity index (χ1n) is 3.53. The summed E-state index contributed by atoms with van der Waals surface area (Å²) in [5.41, 5.74) is 0. The quantitative estimate of drug-likeness (QED) is 0.492. The molecule has 0 amide bonds. The van der Waals surface area contributed by atoms with Gasteiger partial charge in [-0.05, 0) is 11.5 Å². The Kier molecular flexibility index (Phi) is 6.66. The maximum absolute atomic E-state index is 10.7. The number of rotatable bonds is 6. The molecule has 11 heavy (non-hydrogen) atoms. The summed E-state index contributed by atoms with van der Waals surface area (Å²) in [5.74, 6) is -0.897. The van der Waals surface area contributed by atoms with E-state index in [1.54, 1.807) is 0 Å². The first kappa shape index (κ1) is 11.0. The van der Waals surface area contributed by atoms with E-state index in [2.05, 4.69) is 0 Å². The van der Waals surface area contributed by atoms with Crippen LogP contribution in [-0.4, -0.2) is 30.8 Å². The van der Waals surface area contributed by atoms with Gasteiger partial charge in [-0.3, -0.25) is 0 Å². The van der Waals surface area contributed by atoms with Crippen molar-refractivity contribution < 1.29 is 18.9 Å². The van der Waals surface area contributed by atoms with Gasteiger partial charge in [0, 0.05) is 13.5 Å². The largest absolute Gasteiger partial charge is 0.539 e. The zero-order valence-corrected chi connectivity index (χ0v) is 7.71. The lowest BCUT2D eigenvalue weighted by atomic mass is 10.8. The molecule has 0 aliphatic heterocycles. The van der Waals surface area contributed by atoms with Crippen LogP contribution in [0.25, 0.3) is 0 Å². The average Bonchev–Trinajstić information content (AvgIpc) is 1.97. The van der Waals surface area contributed by atoms with Crippen molar-refractivity contribution in [2.45, 2.75) is 19.7 Å². The van der Waals surface area contributed by atoms with Gasteiger partial charge in [0.2, 0.25) is 0 Å². The van der Waals surface area contributed by atoms with Crippen molar-refractivity contribution in [3.63, 3.8) is 0 Å². The van der Waals surface area contributed by atoms with Gasteiger partial charge in [0.1, 0.15) is 6.61 Å². The number of hydrogen-bond acceptors (Lipinski definition) is 4. The first-order chi connectivity index (χ1) is 5.18. The van der Waals surface area contributed by atoms with Crippen LogP contribution in [0, 0.1) is 0 Å². The summed E-state index contributed by atoms with van der Waals surface area (Å²) in [7, 11) is -1.93. The van der Waals surface area contributed by atoms with Gasteiger partial charge in [-0.15, -0.1) is 4.52 Å². The Morgan fingerprint density at radius 1 is 1.55 bits per heavy atom. The van der Waals surface area contributed by atoms with E-state index in [1.807, 2.05) is 6.92 Å². The normalized spacial score (nSPS) is 14.6. The van der Waals surface area contributed by atoms with Crippen LogP contribution in [0.2, 0.25) is 0 Å². The summed E-state index contributed by atoms with van der Waals surface area (Å²) in [6.07, 6.45) is 0. The highest BCUT2D eigenvalue weighted by atomic mass is 31.1. The van der Waals surface area contributed by atoms with E-state index < -0.39 is 13.9 Å². The maximum atomic E-state index is 10.7. The summed E-state index contributed by atoms with van der Waals surface area (Å²) < 4.78 is 20.4. The van der Waals surface area contributed by atoms with Gasteiger partial charge in [0.25, 0.3) is 5.85 Å². The van der Waals surface area contributed by atoms with Crippen LogP contribution in [0.1, 0.15) is 13.8 Å². The molecule has 0 aliphatic carbocycles. The molecule has 0 heterocycles. The van der Waals surface area contributed by atoms with Gasteiger partial charge in [-0.2, -0.15) is 0 Å². The highest BCUT2D eigenvalue weighted by molar-refractivity contribution is 7.39. The van der Waals surface area contributed by atoms with Crippen LogP contribution in [0.3, 0.4) is 0 Å². The van der Waals surface area contributed by atoms with Gasteiger partial charge in [0.15, 0.2) is 0 Å². The molecule has 0 aromatic heterocycles. The van der Waals surface area contributed by atoms with Crippen molar-refractivity contribution in [3.8, 4) is 0 Å². The molecule has 0 saturated carbocycles. The van der Waals surface area contributed by atoms with E-state index in [1.165, 1.54) is 6.92 Å². The number of hydrogen-bond donors (Lipinski definition) is 1. The van der Waals surface area contributed by atoms with Gasteiger partial charge < -0.3 is 9.84 Å². The second kappa shape index (κ2) is 6.68. The minimum atomic E-state index is -1.93. The fraction of sp³-hybridized carbons (Fsp3) is 1.00. The zero-order valence-electron chi connectivity index (χ0n) is 6.82. The summed E-state index contributed by atoms with van der Waals surface area (Å²) >= 11 is 0. The number of aliphatic hydroxyl groups is 1. The predicted molar refractivity (Wildman–Crippen MR) is 41.7 cm³/mol. The van der Waals surface area contributed by atoms with E-state index in [0.717, 1.165) is 0 Å². The molecule has 2 atom stereocenters. The topological polar surface area (TPSA) is 55.8 Å². The van der Waals surface area contributed by atoms with Crippen LogP contribution in [-0.2, 0) is 13.8 Å². The lowest BCUT2D eigenvalue weighted by molar-refractivity contribution is 0.109.